The van der Waals surface area contributed by atoms with E-state index in [1.54, 1.807) is 11.3 Å². The average molecular weight is 166 g/mol. The highest BCUT2D eigenvalue weighted by atomic mass is 32.1. The molecule has 0 aliphatic rings. The summed E-state index contributed by atoms with van der Waals surface area (Å²) in [7, 11) is 0. The summed E-state index contributed by atoms with van der Waals surface area (Å²) in [5.41, 5.74) is 1.19. The van der Waals surface area contributed by atoms with Crippen LogP contribution in [0, 0.1) is 26.2 Å². The molecule has 0 amide bonds. The second kappa shape index (κ2) is 3.08. The second-order valence-electron chi connectivity index (χ2n) is 2.46. The quantitative estimate of drug-likeness (QED) is 0.633. The van der Waals surface area contributed by atoms with Crippen molar-refractivity contribution < 1.29 is 5.11 Å². The molecule has 0 fully saturated rings. The van der Waals surface area contributed by atoms with Crippen molar-refractivity contribution in [3.05, 3.63) is 21.4 Å². The number of rotatable bonds is 1. The summed E-state index contributed by atoms with van der Waals surface area (Å²) in [6.45, 7) is 4.03. The largest absolute Gasteiger partial charge is 0.375 e. The standard InChI is InChI=1S/C9H10OS/c1-4-8(10)9-5-6(2)7(3)11-9/h1,5,8,10H,2-3H3. The molecule has 1 nitrogen and oxygen atoms in total. The van der Waals surface area contributed by atoms with Crippen LogP contribution in [0.3, 0.4) is 0 Å². The Bertz CT molecular complexity index is 274. The molecule has 0 saturated heterocycles. The van der Waals surface area contributed by atoms with E-state index in [0.29, 0.717) is 0 Å². The van der Waals surface area contributed by atoms with E-state index in [1.165, 1.54) is 10.4 Å². The summed E-state index contributed by atoms with van der Waals surface area (Å²) in [6, 6.07) is 1.94. The molecule has 1 atom stereocenters. The van der Waals surface area contributed by atoms with Crippen LogP contribution < -0.4 is 0 Å². The predicted octanol–water partition coefficient (Wildman–Crippen LogP) is 2.03. The van der Waals surface area contributed by atoms with E-state index in [2.05, 4.69) is 5.92 Å². The summed E-state index contributed by atoms with van der Waals surface area (Å²) >= 11 is 1.55. The smallest absolute Gasteiger partial charge is 0.149 e. The van der Waals surface area contributed by atoms with Crippen molar-refractivity contribution in [3.8, 4) is 12.3 Å². The van der Waals surface area contributed by atoms with E-state index in [9.17, 15) is 5.11 Å². The number of terminal acetylenes is 1. The Balaban J connectivity index is 2.99. The van der Waals surface area contributed by atoms with Crippen molar-refractivity contribution in [2.24, 2.45) is 0 Å². The number of aryl methyl sites for hydroxylation is 2. The summed E-state index contributed by atoms with van der Waals surface area (Å²) in [5, 5.41) is 9.24. The maximum Gasteiger partial charge on any atom is 0.149 e. The number of hydrogen-bond donors (Lipinski definition) is 1. The van der Waals surface area contributed by atoms with E-state index in [-0.39, 0.29) is 0 Å². The molecule has 1 heterocycles. The molecule has 0 spiro atoms. The summed E-state index contributed by atoms with van der Waals surface area (Å²) in [5.74, 6) is 2.29. The lowest BCUT2D eigenvalue weighted by Crippen LogP contribution is -1.87. The van der Waals surface area contributed by atoms with Crippen LogP contribution in [-0.4, -0.2) is 5.11 Å². The molecule has 0 aliphatic heterocycles. The first kappa shape index (κ1) is 8.32. The zero-order chi connectivity index (χ0) is 8.43. The third-order valence-corrected chi connectivity index (χ3v) is 2.82. The van der Waals surface area contributed by atoms with Gasteiger partial charge >= 0.3 is 0 Å². The summed E-state index contributed by atoms with van der Waals surface area (Å²) in [4.78, 5) is 2.08. The SMILES string of the molecule is C#CC(O)c1cc(C)c(C)s1. The molecule has 1 N–H and O–H groups in total. The van der Waals surface area contributed by atoms with Gasteiger partial charge < -0.3 is 5.11 Å². The van der Waals surface area contributed by atoms with Gasteiger partial charge in [0.15, 0.2) is 0 Å². The van der Waals surface area contributed by atoms with Crippen LogP contribution in [0.2, 0.25) is 0 Å². The Morgan fingerprint density at radius 1 is 1.64 bits per heavy atom. The zero-order valence-electron chi connectivity index (χ0n) is 6.59. The highest BCUT2D eigenvalue weighted by Crippen LogP contribution is 2.25. The fourth-order valence-electron chi connectivity index (χ4n) is 0.819. The van der Waals surface area contributed by atoms with E-state index >= 15 is 0 Å². The van der Waals surface area contributed by atoms with E-state index in [0.717, 1.165) is 4.88 Å². The van der Waals surface area contributed by atoms with Crippen molar-refractivity contribution in [2.45, 2.75) is 20.0 Å². The van der Waals surface area contributed by atoms with Crippen LogP contribution in [0.1, 0.15) is 21.4 Å². The topological polar surface area (TPSA) is 20.2 Å². The molecule has 0 saturated carbocycles. The summed E-state index contributed by atoms with van der Waals surface area (Å²) in [6.07, 6.45) is 4.34. The fourth-order valence-corrected chi connectivity index (χ4v) is 1.81. The Hall–Kier alpha value is -0.780. The normalized spacial score (nSPS) is 12.5. The molecule has 0 aliphatic carbocycles. The Kier molecular flexibility index (Phi) is 2.33. The molecule has 0 radical (unpaired) electrons. The summed E-state index contributed by atoms with van der Waals surface area (Å²) < 4.78 is 0. The molecule has 11 heavy (non-hydrogen) atoms. The molecule has 0 aromatic carbocycles. The first-order valence-electron chi connectivity index (χ1n) is 3.36. The minimum atomic E-state index is -0.729. The molecule has 0 bridgehead atoms. The van der Waals surface area contributed by atoms with Crippen molar-refractivity contribution in [1.82, 2.24) is 0 Å². The number of thiophene rings is 1. The lowest BCUT2D eigenvalue weighted by molar-refractivity contribution is 0.242. The minimum absolute atomic E-state index is 0.729. The second-order valence-corrected chi connectivity index (χ2v) is 3.75. The van der Waals surface area contributed by atoms with Gasteiger partial charge in [-0.2, -0.15) is 0 Å². The van der Waals surface area contributed by atoms with Crippen molar-refractivity contribution in [1.29, 1.82) is 0 Å². The van der Waals surface area contributed by atoms with Crippen molar-refractivity contribution in [3.63, 3.8) is 0 Å². The Labute approximate surface area is 70.7 Å². The minimum Gasteiger partial charge on any atom is -0.375 e. The van der Waals surface area contributed by atoms with Crippen LogP contribution in [0.25, 0.3) is 0 Å². The van der Waals surface area contributed by atoms with Gasteiger partial charge in [0, 0.05) is 9.75 Å². The van der Waals surface area contributed by atoms with Gasteiger partial charge in [-0.05, 0) is 25.5 Å². The van der Waals surface area contributed by atoms with Gasteiger partial charge in [0.25, 0.3) is 0 Å². The average Bonchev–Trinajstić information content (AvgIpc) is 2.31. The Morgan fingerprint density at radius 2 is 2.27 bits per heavy atom. The van der Waals surface area contributed by atoms with Gasteiger partial charge in [0.05, 0.1) is 0 Å². The maximum absolute atomic E-state index is 9.24. The van der Waals surface area contributed by atoms with Gasteiger partial charge in [0.2, 0.25) is 0 Å². The van der Waals surface area contributed by atoms with Gasteiger partial charge in [-0.1, -0.05) is 5.92 Å². The van der Waals surface area contributed by atoms with Crippen molar-refractivity contribution in [2.75, 3.05) is 0 Å². The highest BCUT2D eigenvalue weighted by Gasteiger charge is 2.07. The maximum atomic E-state index is 9.24. The van der Waals surface area contributed by atoms with Crippen molar-refractivity contribution >= 4 is 11.3 Å². The lowest BCUT2D eigenvalue weighted by atomic mass is 10.2. The van der Waals surface area contributed by atoms with Crippen LogP contribution in [0.5, 0.6) is 0 Å². The molecular formula is C9H10OS. The van der Waals surface area contributed by atoms with Crippen LogP contribution in [0.4, 0.5) is 0 Å². The van der Waals surface area contributed by atoms with Gasteiger partial charge in [-0.15, -0.1) is 17.8 Å². The molecule has 1 aromatic rings. The van der Waals surface area contributed by atoms with Crippen LogP contribution in [-0.2, 0) is 0 Å². The first-order valence-corrected chi connectivity index (χ1v) is 4.18. The Morgan fingerprint density at radius 3 is 2.64 bits per heavy atom. The number of aliphatic hydroxyl groups excluding tert-OH is 1. The third-order valence-electron chi connectivity index (χ3n) is 1.61. The zero-order valence-corrected chi connectivity index (χ0v) is 7.40. The van der Waals surface area contributed by atoms with Crippen LogP contribution in [0.15, 0.2) is 6.07 Å². The molecule has 2 heteroatoms. The van der Waals surface area contributed by atoms with Gasteiger partial charge in [0.1, 0.15) is 6.10 Å². The molecular weight excluding hydrogens is 156 g/mol. The molecule has 58 valence electrons. The molecule has 1 rings (SSSR count). The number of aliphatic hydroxyl groups is 1. The predicted molar refractivity (Wildman–Crippen MR) is 47.6 cm³/mol. The van der Waals surface area contributed by atoms with E-state index < -0.39 is 6.10 Å². The van der Waals surface area contributed by atoms with E-state index in [4.69, 9.17) is 6.42 Å². The van der Waals surface area contributed by atoms with Gasteiger partial charge in [-0.25, -0.2) is 0 Å². The van der Waals surface area contributed by atoms with Crippen LogP contribution >= 0.6 is 11.3 Å². The first-order chi connectivity index (χ1) is 5.15. The lowest BCUT2D eigenvalue weighted by Gasteiger charge is -1.95. The molecule has 1 aromatic heterocycles. The van der Waals surface area contributed by atoms with E-state index in [1.807, 2.05) is 19.9 Å². The monoisotopic (exact) mass is 166 g/mol. The van der Waals surface area contributed by atoms with Gasteiger partial charge in [-0.3, -0.25) is 0 Å². The third kappa shape index (κ3) is 1.62. The highest BCUT2D eigenvalue weighted by molar-refractivity contribution is 7.12. The number of hydrogen-bond acceptors (Lipinski definition) is 2. The molecule has 1 unspecified atom stereocenters. The fraction of sp³-hybridized carbons (Fsp3) is 0.333.